The fourth-order valence-corrected chi connectivity index (χ4v) is 7.18. The fourth-order valence-electron chi connectivity index (χ4n) is 4.74. The number of hydrogen-bond acceptors (Lipinski definition) is 7. The highest BCUT2D eigenvalue weighted by molar-refractivity contribution is 7.89. The van der Waals surface area contributed by atoms with Crippen LogP contribution in [0.1, 0.15) is 25.7 Å². The molecule has 2 aliphatic rings. The number of fused-ring (bicyclic) bond motifs is 1. The van der Waals surface area contributed by atoms with E-state index in [1.54, 1.807) is 12.0 Å². The minimum Gasteiger partial charge on any atom is -0.497 e. The van der Waals surface area contributed by atoms with E-state index in [0.29, 0.717) is 42.9 Å². The minimum absolute atomic E-state index is 0.0839. The summed E-state index contributed by atoms with van der Waals surface area (Å²) in [5, 5.41) is 0.570. The summed E-state index contributed by atoms with van der Waals surface area (Å²) in [5.74, 6) is -2.17. The van der Waals surface area contributed by atoms with Crippen LogP contribution in [0.3, 0.4) is 0 Å². The van der Waals surface area contributed by atoms with Crippen molar-refractivity contribution in [2.75, 3.05) is 38.3 Å². The number of nitrogens with zero attached hydrogens (tertiary/aromatic N) is 3. The number of methoxy groups -OCH3 is 1. The molecule has 8 nitrogen and oxygen atoms in total. The topological polar surface area (TPSA) is 89.0 Å². The number of carbonyl (C=O) groups excluding carboxylic acids is 1. The van der Waals surface area contributed by atoms with Crippen LogP contribution in [0.25, 0.3) is 10.2 Å². The van der Waals surface area contributed by atoms with Crippen molar-refractivity contribution in [3.63, 3.8) is 0 Å². The first-order valence-electron chi connectivity index (χ1n) is 12.1. The van der Waals surface area contributed by atoms with Gasteiger partial charge in [0, 0.05) is 31.7 Å². The Balaban J connectivity index is 1.34. The molecule has 12 heteroatoms. The number of anilines is 1. The van der Waals surface area contributed by atoms with Crippen molar-refractivity contribution in [2.45, 2.75) is 36.7 Å². The molecular weight excluding hydrogens is 524 g/mol. The largest absolute Gasteiger partial charge is 0.497 e. The van der Waals surface area contributed by atoms with Crippen molar-refractivity contribution in [3.8, 4) is 5.75 Å². The first-order valence-corrected chi connectivity index (χ1v) is 14.3. The predicted molar refractivity (Wildman–Crippen MR) is 135 cm³/mol. The SMILES string of the molecule is COc1ccc2sc(N(CC3CCCO3)C(=O)C3CCN(S(=O)(=O)c4ccc(F)c(F)c4)CC3)nc2c1. The molecule has 0 radical (unpaired) electrons. The average molecular weight is 552 g/mol. The molecule has 2 aliphatic heterocycles. The Hall–Kier alpha value is -2.67. The van der Waals surface area contributed by atoms with Gasteiger partial charge < -0.3 is 9.47 Å². The third-order valence-electron chi connectivity index (χ3n) is 6.82. The normalized spacial score (nSPS) is 19.4. The molecule has 2 aromatic carbocycles. The van der Waals surface area contributed by atoms with Gasteiger partial charge in [-0.15, -0.1) is 0 Å². The first-order chi connectivity index (χ1) is 17.8. The summed E-state index contributed by atoms with van der Waals surface area (Å²) in [6.45, 7) is 1.23. The standard InChI is InChI=1S/C25H27F2N3O5S2/c1-34-17-4-7-23-22(13-17)28-25(36-23)30(15-18-3-2-12-35-18)24(31)16-8-10-29(11-9-16)37(32,33)19-5-6-20(26)21(27)14-19/h4-7,13-14,16,18H,2-3,8-12,15H2,1H3. The van der Waals surface area contributed by atoms with E-state index in [1.807, 2.05) is 18.2 Å². The van der Waals surface area contributed by atoms with Gasteiger partial charge in [0.15, 0.2) is 16.8 Å². The minimum atomic E-state index is -4.01. The number of piperidine rings is 1. The van der Waals surface area contributed by atoms with Crippen LogP contribution in [0.4, 0.5) is 13.9 Å². The smallest absolute Gasteiger partial charge is 0.243 e. The van der Waals surface area contributed by atoms with E-state index < -0.39 is 27.6 Å². The van der Waals surface area contributed by atoms with E-state index in [9.17, 15) is 22.0 Å². The van der Waals surface area contributed by atoms with Gasteiger partial charge in [-0.25, -0.2) is 22.2 Å². The van der Waals surface area contributed by atoms with E-state index in [0.717, 1.165) is 35.2 Å². The second-order valence-electron chi connectivity index (χ2n) is 9.17. The summed E-state index contributed by atoms with van der Waals surface area (Å²) < 4.78 is 66.1. The van der Waals surface area contributed by atoms with E-state index in [4.69, 9.17) is 14.5 Å². The van der Waals surface area contributed by atoms with Crippen molar-refractivity contribution in [1.29, 1.82) is 0 Å². The number of thiazole rings is 1. The van der Waals surface area contributed by atoms with E-state index >= 15 is 0 Å². The molecular formula is C25H27F2N3O5S2. The molecule has 2 fully saturated rings. The Morgan fingerprint density at radius 3 is 2.62 bits per heavy atom. The molecule has 37 heavy (non-hydrogen) atoms. The van der Waals surface area contributed by atoms with Crippen LogP contribution in [-0.4, -0.2) is 63.1 Å². The highest BCUT2D eigenvalue weighted by Gasteiger charge is 2.36. The summed E-state index contributed by atoms with van der Waals surface area (Å²) >= 11 is 1.42. The zero-order valence-corrected chi connectivity index (χ0v) is 21.9. The molecule has 3 heterocycles. The Labute approximate surface area is 217 Å². The Morgan fingerprint density at radius 2 is 1.95 bits per heavy atom. The lowest BCUT2D eigenvalue weighted by atomic mass is 9.96. The molecule has 0 aliphatic carbocycles. The summed E-state index contributed by atoms with van der Waals surface area (Å²) in [4.78, 5) is 19.8. The fraction of sp³-hybridized carbons (Fsp3) is 0.440. The highest BCUT2D eigenvalue weighted by atomic mass is 32.2. The Bertz CT molecular complexity index is 1400. The molecule has 1 aromatic heterocycles. The molecule has 0 saturated carbocycles. The van der Waals surface area contributed by atoms with E-state index in [1.165, 1.54) is 15.6 Å². The third-order valence-corrected chi connectivity index (χ3v) is 9.78. The predicted octanol–water partition coefficient (Wildman–Crippen LogP) is 4.20. The second kappa shape index (κ2) is 10.6. The van der Waals surface area contributed by atoms with Crippen LogP contribution >= 0.6 is 11.3 Å². The zero-order valence-electron chi connectivity index (χ0n) is 20.2. The van der Waals surface area contributed by atoms with Gasteiger partial charge in [0.1, 0.15) is 5.75 Å². The van der Waals surface area contributed by atoms with E-state index in [-0.39, 0.29) is 30.0 Å². The van der Waals surface area contributed by atoms with Gasteiger partial charge in [-0.3, -0.25) is 9.69 Å². The second-order valence-corrected chi connectivity index (χ2v) is 12.1. The van der Waals surface area contributed by atoms with Gasteiger partial charge in [0.05, 0.1) is 34.9 Å². The maximum atomic E-state index is 13.7. The number of aromatic nitrogens is 1. The lowest BCUT2D eigenvalue weighted by Crippen LogP contribution is -2.46. The maximum absolute atomic E-state index is 13.7. The van der Waals surface area contributed by atoms with Gasteiger partial charge in [0.2, 0.25) is 15.9 Å². The van der Waals surface area contributed by atoms with Gasteiger partial charge in [-0.2, -0.15) is 4.31 Å². The lowest BCUT2D eigenvalue weighted by molar-refractivity contribution is -0.123. The average Bonchev–Trinajstić information content (AvgIpc) is 3.57. The first kappa shape index (κ1) is 26.0. The molecule has 198 valence electrons. The zero-order chi connectivity index (χ0) is 26.2. The molecule has 3 aromatic rings. The molecule has 2 saturated heterocycles. The van der Waals surface area contributed by atoms with Crippen LogP contribution in [-0.2, 0) is 19.6 Å². The van der Waals surface area contributed by atoms with E-state index in [2.05, 4.69) is 0 Å². The van der Waals surface area contributed by atoms with Crippen molar-refractivity contribution < 1.29 is 31.5 Å². The Kier molecular flexibility index (Phi) is 7.44. The molecule has 0 spiro atoms. The van der Waals surface area contributed by atoms with Crippen LogP contribution in [0.2, 0.25) is 0 Å². The number of carbonyl (C=O) groups is 1. The summed E-state index contributed by atoms with van der Waals surface area (Å²) in [6.07, 6.45) is 2.32. The molecule has 1 amide bonds. The molecule has 1 unspecified atom stereocenters. The van der Waals surface area contributed by atoms with Crippen LogP contribution in [0.5, 0.6) is 5.75 Å². The van der Waals surface area contributed by atoms with Crippen LogP contribution < -0.4 is 9.64 Å². The molecule has 1 atom stereocenters. The van der Waals surface area contributed by atoms with Crippen molar-refractivity contribution >= 4 is 42.6 Å². The van der Waals surface area contributed by atoms with Crippen LogP contribution in [0.15, 0.2) is 41.3 Å². The van der Waals surface area contributed by atoms with Crippen molar-refractivity contribution in [1.82, 2.24) is 9.29 Å². The maximum Gasteiger partial charge on any atom is 0.243 e. The summed E-state index contributed by atoms with van der Waals surface area (Å²) in [7, 11) is -2.42. The number of benzene rings is 2. The molecule has 0 N–H and O–H groups in total. The summed E-state index contributed by atoms with van der Waals surface area (Å²) in [5.41, 5.74) is 0.733. The lowest BCUT2D eigenvalue weighted by Gasteiger charge is -2.33. The monoisotopic (exact) mass is 551 g/mol. The highest BCUT2D eigenvalue weighted by Crippen LogP contribution is 2.34. The quantitative estimate of drug-likeness (QED) is 0.438. The van der Waals surface area contributed by atoms with Gasteiger partial charge in [0.25, 0.3) is 0 Å². The number of amides is 1. The number of halogens is 2. The van der Waals surface area contributed by atoms with Crippen LogP contribution in [0, 0.1) is 17.6 Å². The van der Waals surface area contributed by atoms with Gasteiger partial charge in [-0.05, 0) is 56.0 Å². The number of rotatable bonds is 7. The Morgan fingerprint density at radius 1 is 1.16 bits per heavy atom. The molecule has 5 rings (SSSR count). The van der Waals surface area contributed by atoms with Crippen molar-refractivity contribution in [3.05, 3.63) is 48.0 Å². The van der Waals surface area contributed by atoms with Crippen molar-refractivity contribution in [2.24, 2.45) is 5.92 Å². The number of hydrogen-bond donors (Lipinski definition) is 0. The summed E-state index contributed by atoms with van der Waals surface area (Å²) in [6, 6.07) is 8.12. The van der Waals surface area contributed by atoms with Gasteiger partial charge in [-0.1, -0.05) is 11.3 Å². The third kappa shape index (κ3) is 5.33. The number of sulfonamides is 1. The number of ether oxygens (including phenoxy) is 2. The molecule has 0 bridgehead atoms. The van der Waals surface area contributed by atoms with Gasteiger partial charge >= 0.3 is 0 Å².